The topological polar surface area (TPSA) is 96.8 Å². The first kappa shape index (κ1) is 9.38. The van der Waals surface area contributed by atoms with E-state index >= 15 is 0 Å². The number of fused-ring (bicyclic) bond motifs is 1. The summed E-state index contributed by atoms with van der Waals surface area (Å²) in [5.41, 5.74) is 1.03. The van der Waals surface area contributed by atoms with Crippen LogP contribution in [0.1, 0.15) is 0 Å². The molecule has 78 valence electrons. The number of carbonyl (C=O) groups is 1. The van der Waals surface area contributed by atoms with E-state index in [0.717, 1.165) is 0 Å². The van der Waals surface area contributed by atoms with E-state index in [1.807, 2.05) is 0 Å². The minimum absolute atomic E-state index is 0.198. The summed E-state index contributed by atoms with van der Waals surface area (Å²) in [4.78, 5) is 18.5. The molecular formula is C8H9N5O2. The highest BCUT2D eigenvalue weighted by atomic mass is 16.4. The smallest absolute Gasteiger partial charge is 0.323 e. The first-order chi connectivity index (χ1) is 7.09. The van der Waals surface area contributed by atoms with E-state index in [4.69, 9.17) is 10.5 Å². The number of carboxylic acids is 1. The van der Waals surface area contributed by atoms with Gasteiger partial charge in [0.2, 0.25) is 0 Å². The summed E-state index contributed by atoms with van der Waals surface area (Å²) in [5.74, 6) is -0.962. The second-order valence-corrected chi connectivity index (χ2v) is 3.14. The third kappa shape index (κ3) is 1.47. The maximum Gasteiger partial charge on any atom is 0.323 e. The van der Waals surface area contributed by atoms with Gasteiger partial charge >= 0.3 is 5.97 Å². The molecule has 0 spiro atoms. The van der Waals surface area contributed by atoms with Crippen LogP contribution in [0, 0.1) is 5.41 Å². The van der Waals surface area contributed by atoms with Gasteiger partial charge in [-0.3, -0.25) is 10.2 Å². The first-order valence-electron chi connectivity index (χ1n) is 4.22. The monoisotopic (exact) mass is 207 g/mol. The number of hydrogen-bond donors (Lipinski definition) is 2. The van der Waals surface area contributed by atoms with Gasteiger partial charge in [-0.25, -0.2) is 9.97 Å². The van der Waals surface area contributed by atoms with Gasteiger partial charge in [-0.2, -0.15) is 0 Å². The van der Waals surface area contributed by atoms with Crippen LogP contribution in [0.5, 0.6) is 0 Å². The van der Waals surface area contributed by atoms with Gasteiger partial charge in [0.05, 0.1) is 12.7 Å². The number of aromatic nitrogens is 4. The van der Waals surface area contributed by atoms with Crippen LogP contribution in [0.25, 0.3) is 11.2 Å². The van der Waals surface area contributed by atoms with Crippen LogP contribution in [-0.2, 0) is 18.4 Å². The molecule has 15 heavy (non-hydrogen) atoms. The molecule has 7 nitrogen and oxygen atoms in total. The van der Waals surface area contributed by atoms with E-state index in [2.05, 4.69) is 9.97 Å². The zero-order chi connectivity index (χ0) is 11.0. The van der Waals surface area contributed by atoms with Gasteiger partial charge in [0.25, 0.3) is 0 Å². The number of nitrogens with zero attached hydrogens (tertiary/aromatic N) is 4. The Balaban J connectivity index is 2.67. The van der Waals surface area contributed by atoms with Crippen LogP contribution >= 0.6 is 0 Å². The van der Waals surface area contributed by atoms with Crippen LogP contribution < -0.4 is 5.49 Å². The molecule has 0 saturated heterocycles. The number of aryl methyl sites for hydroxylation is 1. The molecule has 7 heteroatoms. The maximum absolute atomic E-state index is 10.5. The van der Waals surface area contributed by atoms with Crippen molar-refractivity contribution in [2.75, 3.05) is 0 Å². The van der Waals surface area contributed by atoms with Crippen molar-refractivity contribution in [2.45, 2.75) is 6.54 Å². The lowest BCUT2D eigenvalue weighted by atomic mass is 10.5. The third-order valence-electron chi connectivity index (χ3n) is 2.05. The average molecular weight is 207 g/mol. The van der Waals surface area contributed by atoms with Crippen molar-refractivity contribution in [3.63, 3.8) is 0 Å². The molecule has 0 atom stereocenters. The lowest BCUT2D eigenvalue weighted by Crippen LogP contribution is -2.18. The van der Waals surface area contributed by atoms with Gasteiger partial charge < -0.3 is 14.2 Å². The van der Waals surface area contributed by atoms with E-state index in [-0.39, 0.29) is 12.0 Å². The molecule has 2 heterocycles. The fourth-order valence-electron chi connectivity index (χ4n) is 1.31. The van der Waals surface area contributed by atoms with Crippen molar-refractivity contribution in [1.29, 1.82) is 5.41 Å². The molecule has 0 aromatic carbocycles. The van der Waals surface area contributed by atoms with E-state index in [1.54, 1.807) is 7.05 Å². The Morgan fingerprint density at radius 1 is 1.53 bits per heavy atom. The largest absolute Gasteiger partial charge is 0.480 e. The summed E-state index contributed by atoms with van der Waals surface area (Å²) in [6.45, 7) is -0.198. The summed E-state index contributed by atoms with van der Waals surface area (Å²) in [7, 11) is 1.69. The quantitative estimate of drug-likeness (QED) is 0.682. The van der Waals surface area contributed by atoms with Crippen molar-refractivity contribution >= 4 is 17.1 Å². The van der Waals surface area contributed by atoms with E-state index in [1.165, 1.54) is 21.8 Å². The fraction of sp³-hybridized carbons (Fsp3) is 0.250. The highest BCUT2D eigenvalue weighted by molar-refractivity contribution is 5.73. The van der Waals surface area contributed by atoms with Crippen molar-refractivity contribution in [3.8, 4) is 0 Å². The van der Waals surface area contributed by atoms with Crippen molar-refractivity contribution in [1.82, 2.24) is 19.1 Å². The van der Waals surface area contributed by atoms with Gasteiger partial charge in [0.15, 0.2) is 11.1 Å². The molecule has 0 fully saturated rings. The molecule has 0 aliphatic heterocycles. The Bertz CT molecular complexity index is 582. The van der Waals surface area contributed by atoms with E-state index in [9.17, 15) is 4.79 Å². The maximum atomic E-state index is 10.5. The molecule has 2 rings (SSSR count). The van der Waals surface area contributed by atoms with Gasteiger partial charge in [-0.1, -0.05) is 0 Å². The molecule has 0 aliphatic carbocycles. The molecule has 0 saturated carbocycles. The Kier molecular flexibility index (Phi) is 2.00. The third-order valence-corrected chi connectivity index (χ3v) is 2.05. The molecule has 0 unspecified atom stereocenters. The molecule has 2 aromatic rings. The summed E-state index contributed by atoms with van der Waals surface area (Å²) in [5, 5.41) is 16.3. The Morgan fingerprint density at radius 3 is 2.93 bits per heavy atom. The number of imidazole rings is 1. The normalized spacial score (nSPS) is 10.7. The van der Waals surface area contributed by atoms with Crippen molar-refractivity contribution in [3.05, 3.63) is 18.1 Å². The van der Waals surface area contributed by atoms with Gasteiger partial charge in [-0.05, 0) is 0 Å². The molecule has 2 N–H and O–H groups in total. The second kappa shape index (κ2) is 3.19. The number of nitrogens with one attached hydrogen (secondary N) is 1. The van der Waals surface area contributed by atoms with Crippen molar-refractivity contribution < 1.29 is 9.90 Å². The predicted octanol–water partition coefficient (Wildman–Crippen LogP) is -0.666. The average Bonchev–Trinajstić information content (AvgIpc) is 2.55. The van der Waals surface area contributed by atoms with Crippen LogP contribution in [0.2, 0.25) is 0 Å². The number of aliphatic carboxylic acids is 1. The molecule has 0 amide bonds. The molecule has 0 bridgehead atoms. The molecule has 2 aromatic heterocycles. The predicted molar refractivity (Wildman–Crippen MR) is 50.0 cm³/mol. The Labute approximate surface area is 84.1 Å². The SMILES string of the molecule is Cn1cnc2c(ncn2CC(=O)O)c1=N. The summed E-state index contributed by atoms with van der Waals surface area (Å²) in [6.07, 6.45) is 2.84. The molecule has 0 aliphatic rings. The van der Waals surface area contributed by atoms with Crippen molar-refractivity contribution in [2.24, 2.45) is 7.05 Å². The minimum Gasteiger partial charge on any atom is -0.480 e. The van der Waals surface area contributed by atoms with Crippen LogP contribution in [0.4, 0.5) is 0 Å². The van der Waals surface area contributed by atoms with Crippen LogP contribution in [0.3, 0.4) is 0 Å². The highest BCUT2D eigenvalue weighted by Gasteiger charge is 2.08. The van der Waals surface area contributed by atoms with Gasteiger partial charge in [0, 0.05) is 7.05 Å². The zero-order valence-electron chi connectivity index (χ0n) is 8.01. The van der Waals surface area contributed by atoms with Crippen LogP contribution in [0.15, 0.2) is 12.7 Å². The Morgan fingerprint density at radius 2 is 2.27 bits per heavy atom. The zero-order valence-corrected chi connectivity index (χ0v) is 8.01. The summed E-state index contributed by atoms with van der Waals surface area (Å²) >= 11 is 0. The fourth-order valence-corrected chi connectivity index (χ4v) is 1.31. The first-order valence-corrected chi connectivity index (χ1v) is 4.22. The summed E-state index contributed by atoms with van der Waals surface area (Å²) < 4.78 is 2.91. The van der Waals surface area contributed by atoms with E-state index < -0.39 is 5.97 Å². The number of hydrogen-bond acceptors (Lipinski definition) is 4. The second-order valence-electron chi connectivity index (χ2n) is 3.14. The van der Waals surface area contributed by atoms with Gasteiger partial charge in [-0.15, -0.1) is 0 Å². The number of rotatable bonds is 2. The molecular weight excluding hydrogens is 198 g/mol. The minimum atomic E-state index is -0.962. The lowest BCUT2D eigenvalue weighted by molar-refractivity contribution is -0.137. The van der Waals surface area contributed by atoms with Gasteiger partial charge in [0.1, 0.15) is 12.1 Å². The summed E-state index contributed by atoms with van der Waals surface area (Å²) in [6, 6.07) is 0. The lowest BCUT2D eigenvalue weighted by Gasteiger charge is -2.00. The standard InChI is InChI=1S/C8H9N5O2/c1-12-3-11-8-6(7(12)9)10-4-13(8)2-5(14)15/h3-4,9H,2H2,1H3,(H,14,15). The van der Waals surface area contributed by atoms with E-state index in [0.29, 0.717) is 11.2 Å². The number of carboxylic acid groups (broad SMARTS) is 1. The molecule has 0 radical (unpaired) electrons. The Hall–Kier alpha value is -2.18. The highest BCUT2D eigenvalue weighted by Crippen LogP contribution is 2.03. The van der Waals surface area contributed by atoms with Crippen LogP contribution in [-0.4, -0.2) is 30.2 Å².